The highest BCUT2D eigenvalue weighted by Gasteiger charge is 2.55. The largest absolute Gasteiger partial charge is 0.394 e. The van der Waals surface area contributed by atoms with Gasteiger partial charge in [-0.2, -0.15) is 0 Å². The summed E-state index contributed by atoms with van der Waals surface area (Å²) in [5, 5.41) is 24.1. The number of nitrogens with one attached hydrogen (secondary N) is 2. The van der Waals surface area contributed by atoms with Crippen LogP contribution in [-0.4, -0.2) is 47.1 Å². The lowest BCUT2D eigenvalue weighted by atomic mass is 9.49. The predicted molar refractivity (Wildman–Crippen MR) is 83.1 cm³/mol. The van der Waals surface area contributed by atoms with E-state index in [2.05, 4.69) is 10.6 Å². The number of rotatable bonds is 5. The normalized spacial score (nSPS) is 42.0. The van der Waals surface area contributed by atoms with Crippen LogP contribution in [0.25, 0.3) is 0 Å². The Labute approximate surface area is 131 Å². The van der Waals surface area contributed by atoms with Gasteiger partial charge in [0.25, 0.3) is 0 Å². The van der Waals surface area contributed by atoms with Crippen LogP contribution in [0.1, 0.15) is 39.0 Å². The average molecular weight is 311 g/mol. The summed E-state index contributed by atoms with van der Waals surface area (Å²) in [6, 6.07) is -1.01. The standard InChI is InChI=1S/C16H29N3O3/c1-9(21)14(7-20)19-15(22)18-8-16(17)12-3-10-2-11(5-12)6-13(16)4-10/h9-14,20-21H,2-8,17H2,1H3,(H2,18,19,22)/t9-,10?,11?,12?,13?,14-,16?/m1/s1. The summed E-state index contributed by atoms with van der Waals surface area (Å²) < 4.78 is 0. The molecule has 0 unspecified atom stereocenters. The number of urea groups is 1. The number of amides is 2. The van der Waals surface area contributed by atoms with Gasteiger partial charge < -0.3 is 26.6 Å². The Balaban J connectivity index is 1.55. The molecule has 4 rings (SSSR count). The highest BCUT2D eigenvalue weighted by Crippen LogP contribution is 2.57. The van der Waals surface area contributed by atoms with E-state index in [1.54, 1.807) is 6.92 Å². The molecule has 0 aromatic rings. The average Bonchev–Trinajstić information content (AvgIpc) is 2.47. The number of carbonyl (C=O) groups is 1. The summed E-state index contributed by atoms with van der Waals surface area (Å²) in [6.45, 7) is 1.74. The summed E-state index contributed by atoms with van der Waals surface area (Å²) in [6.07, 6.45) is 5.42. The smallest absolute Gasteiger partial charge is 0.315 e. The van der Waals surface area contributed by atoms with Gasteiger partial charge in [-0.1, -0.05) is 0 Å². The van der Waals surface area contributed by atoms with Gasteiger partial charge in [0.1, 0.15) is 0 Å². The van der Waals surface area contributed by atoms with Gasteiger partial charge in [-0.3, -0.25) is 0 Å². The zero-order valence-electron chi connectivity index (χ0n) is 13.3. The second kappa shape index (κ2) is 5.98. The van der Waals surface area contributed by atoms with E-state index in [1.165, 1.54) is 32.1 Å². The monoisotopic (exact) mass is 311 g/mol. The second-order valence-electron chi connectivity index (χ2n) is 7.77. The van der Waals surface area contributed by atoms with E-state index < -0.39 is 12.1 Å². The van der Waals surface area contributed by atoms with E-state index in [0.717, 1.165) is 11.8 Å². The fourth-order valence-corrected chi connectivity index (χ4v) is 5.12. The van der Waals surface area contributed by atoms with Crippen molar-refractivity contribution in [2.45, 2.75) is 56.7 Å². The second-order valence-corrected chi connectivity index (χ2v) is 7.77. The van der Waals surface area contributed by atoms with Crippen molar-refractivity contribution >= 4 is 6.03 Å². The Hall–Kier alpha value is -0.850. The van der Waals surface area contributed by atoms with Crippen molar-refractivity contribution in [2.24, 2.45) is 29.4 Å². The van der Waals surface area contributed by atoms with Gasteiger partial charge in [-0.05, 0) is 62.7 Å². The summed E-state index contributed by atoms with van der Waals surface area (Å²) in [4.78, 5) is 12.0. The van der Waals surface area contributed by atoms with Crippen molar-refractivity contribution in [3.8, 4) is 0 Å². The molecule has 4 aliphatic carbocycles. The molecule has 0 aromatic carbocycles. The Bertz CT molecular complexity index is 399. The first kappa shape index (κ1) is 16.0. The Morgan fingerprint density at radius 3 is 2.23 bits per heavy atom. The number of aliphatic hydroxyl groups is 2. The van der Waals surface area contributed by atoms with Crippen LogP contribution >= 0.6 is 0 Å². The third-order valence-electron chi connectivity index (χ3n) is 6.31. The minimum absolute atomic E-state index is 0.284. The molecule has 6 nitrogen and oxygen atoms in total. The van der Waals surface area contributed by atoms with Crippen LogP contribution < -0.4 is 16.4 Å². The van der Waals surface area contributed by atoms with Crippen molar-refractivity contribution in [1.29, 1.82) is 0 Å². The van der Waals surface area contributed by atoms with E-state index in [1.807, 2.05) is 0 Å². The number of aliphatic hydroxyl groups excluding tert-OH is 2. The molecule has 0 spiro atoms. The van der Waals surface area contributed by atoms with Gasteiger partial charge in [0.2, 0.25) is 0 Å². The van der Waals surface area contributed by atoms with Crippen LogP contribution in [0.3, 0.4) is 0 Å². The molecule has 2 amide bonds. The maximum absolute atomic E-state index is 12.0. The molecule has 0 heterocycles. The van der Waals surface area contributed by atoms with Gasteiger partial charge in [0.15, 0.2) is 0 Å². The SMILES string of the molecule is C[C@@H](O)[C@@H](CO)NC(=O)NCC1(N)C2CC3CC(C2)CC1C3. The van der Waals surface area contributed by atoms with E-state index in [4.69, 9.17) is 10.8 Å². The molecule has 0 aliphatic heterocycles. The summed E-state index contributed by atoms with van der Waals surface area (Å²) in [5.41, 5.74) is 6.43. The lowest BCUT2D eigenvalue weighted by Crippen LogP contribution is -2.68. The molecule has 6 heteroatoms. The van der Waals surface area contributed by atoms with E-state index in [9.17, 15) is 9.90 Å². The van der Waals surface area contributed by atoms with E-state index in [-0.39, 0.29) is 18.2 Å². The molecule has 0 saturated heterocycles. The predicted octanol–water partition coefficient (Wildman–Crippen LogP) is 0.181. The molecule has 126 valence electrons. The molecule has 2 atom stereocenters. The number of hydrogen-bond donors (Lipinski definition) is 5. The van der Waals surface area contributed by atoms with Crippen molar-refractivity contribution in [1.82, 2.24) is 10.6 Å². The summed E-state index contributed by atoms with van der Waals surface area (Å²) in [7, 11) is 0. The molecule has 4 fully saturated rings. The summed E-state index contributed by atoms with van der Waals surface area (Å²) >= 11 is 0. The fraction of sp³-hybridized carbons (Fsp3) is 0.938. The topological polar surface area (TPSA) is 108 Å². The van der Waals surface area contributed by atoms with Crippen LogP contribution in [-0.2, 0) is 0 Å². The Morgan fingerprint density at radius 1 is 1.23 bits per heavy atom. The van der Waals surface area contributed by atoms with Gasteiger partial charge in [0.05, 0.1) is 18.8 Å². The Kier molecular flexibility index (Phi) is 4.36. The van der Waals surface area contributed by atoms with Crippen molar-refractivity contribution in [3.05, 3.63) is 0 Å². The molecule has 4 bridgehead atoms. The number of carbonyl (C=O) groups excluding carboxylic acids is 1. The van der Waals surface area contributed by atoms with Crippen LogP contribution in [0.15, 0.2) is 0 Å². The maximum atomic E-state index is 12.0. The van der Waals surface area contributed by atoms with E-state index >= 15 is 0 Å². The van der Waals surface area contributed by atoms with Gasteiger partial charge in [-0.15, -0.1) is 0 Å². The zero-order chi connectivity index (χ0) is 15.9. The lowest BCUT2D eigenvalue weighted by molar-refractivity contribution is -0.0530. The number of nitrogens with two attached hydrogens (primary N) is 1. The molecule has 22 heavy (non-hydrogen) atoms. The zero-order valence-corrected chi connectivity index (χ0v) is 13.3. The lowest BCUT2D eigenvalue weighted by Gasteiger charge is -2.59. The van der Waals surface area contributed by atoms with Gasteiger partial charge in [0, 0.05) is 12.1 Å². The molecular weight excluding hydrogens is 282 g/mol. The highest BCUT2D eigenvalue weighted by molar-refractivity contribution is 5.74. The first-order valence-electron chi connectivity index (χ1n) is 8.54. The molecule has 4 saturated carbocycles. The molecule has 0 radical (unpaired) electrons. The quantitative estimate of drug-likeness (QED) is 0.499. The number of hydrogen-bond acceptors (Lipinski definition) is 4. The summed E-state index contributed by atoms with van der Waals surface area (Å²) in [5.74, 6) is 2.74. The van der Waals surface area contributed by atoms with Crippen LogP contribution in [0.5, 0.6) is 0 Å². The molecular formula is C16H29N3O3. The van der Waals surface area contributed by atoms with Crippen molar-refractivity contribution < 1.29 is 15.0 Å². The van der Waals surface area contributed by atoms with Gasteiger partial charge in [-0.25, -0.2) is 4.79 Å². The van der Waals surface area contributed by atoms with Gasteiger partial charge >= 0.3 is 6.03 Å². The van der Waals surface area contributed by atoms with Crippen molar-refractivity contribution in [3.63, 3.8) is 0 Å². The van der Waals surface area contributed by atoms with Crippen molar-refractivity contribution in [2.75, 3.05) is 13.2 Å². The highest BCUT2D eigenvalue weighted by atomic mass is 16.3. The third-order valence-corrected chi connectivity index (χ3v) is 6.31. The molecule has 6 N–H and O–H groups in total. The minimum Gasteiger partial charge on any atom is -0.394 e. The molecule has 4 aliphatic rings. The van der Waals surface area contributed by atoms with Crippen LogP contribution in [0.2, 0.25) is 0 Å². The third kappa shape index (κ3) is 2.84. The van der Waals surface area contributed by atoms with E-state index in [0.29, 0.717) is 18.4 Å². The first-order chi connectivity index (χ1) is 10.4. The Morgan fingerprint density at radius 2 is 1.77 bits per heavy atom. The first-order valence-corrected chi connectivity index (χ1v) is 8.54. The van der Waals surface area contributed by atoms with Crippen LogP contribution in [0.4, 0.5) is 4.79 Å². The fourth-order valence-electron chi connectivity index (χ4n) is 5.12. The maximum Gasteiger partial charge on any atom is 0.315 e. The van der Waals surface area contributed by atoms with Crippen LogP contribution in [0, 0.1) is 23.7 Å². The minimum atomic E-state index is -0.788. The molecule has 0 aromatic heterocycles.